The fourth-order valence-electron chi connectivity index (χ4n) is 2.23. The largest absolute Gasteiger partial charge is 0.305 e. The Labute approximate surface area is 133 Å². The summed E-state index contributed by atoms with van der Waals surface area (Å²) in [6.07, 6.45) is 9.68. The monoisotopic (exact) mass is 314 g/mol. The number of thioether (sulfide) groups is 1. The Morgan fingerprint density at radius 1 is 1.18 bits per heavy atom. The summed E-state index contributed by atoms with van der Waals surface area (Å²) >= 11 is 1.73. The van der Waals surface area contributed by atoms with Gasteiger partial charge < -0.3 is 4.57 Å². The molecule has 0 unspecified atom stereocenters. The SMILES string of the molecule is Cn1cc(CCCSc2nnc(-c3cccnc3)n2C)cn1. The van der Waals surface area contributed by atoms with Crippen molar-refractivity contribution >= 4 is 11.8 Å². The maximum absolute atomic E-state index is 4.27. The van der Waals surface area contributed by atoms with E-state index >= 15 is 0 Å². The summed E-state index contributed by atoms with van der Waals surface area (Å²) in [5.41, 5.74) is 2.26. The molecule has 0 saturated heterocycles. The molecule has 3 heterocycles. The molecule has 0 amide bonds. The smallest absolute Gasteiger partial charge is 0.191 e. The van der Waals surface area contributed by atoms with Crippen LogP contribution in [0.2, 0.25) is 0 Å². The van der Waals surface area contributed by atoms with E-state index in [1.807, 2.05) is 41.7 Å². The first-order valence-electron chi connectivity index (χ1n) is 7.14. The van der Waals surface area contributed by atoms with Crippen LogP contribution in [0.1, 0.15) is 12.0 Å². The molecule has 3 aromatic heterocycles. The van der Waals surface area contributed by atoms with E-state index in [2.05, 4.69) is 26.5 Å². The molecule has 0 aliphatic heterocycles. The van der Waals surface area contributed by atoms with Crippen molar-refractivity contribution in [3.05, 3.63) is 42.5 Å². The minimum absolute atomic E-state index is 0.850. The van der Waals surface area contributed by atoms with Gasteiger partial charge in [-0.15, -0.1) is 10.2 Å². The second kappa shape index (κ2) is 6.74. The van der Waals surface area contributed by atoms with Gasteiger partial charge in [-0.1, -0.05) is 11.8 Å². The van der Waals surface area contributed by atoms with Crippen LogP contribution in [0.3, 0.4) is 0 Å². The zero-order valence-corrected chi connectivity index (χ0v) is 13.5. The molecule has 3 rings (SSSR count). The molecule has 0 spiro atoms. The van der Waals surface area contributed by atoms with Gasteiger partial charge in [0.1, 0.15) is 0 Å². The van der Waals surface area contributed by atoms with E-state index in [0.717, 1.165) is 35.1 Å². The van der Waals surface area contributed by atoms with Gasteiger partial charge in [0.2, 0.25) is 0 Å². The molecular weight excluding hydrogens is 296 g/mol. The van der Waals surface area contributed by atoms with Crippen molar-refractivity contribution in [2.24, 2.45) is 14.1 Å². The van der Waals surface area contributed by atoms with Gasteiger partial charge in [-0.3, -0.25) is 9.67 Å². The zero-order chi connectivity index (χ0) is 15.4. The average Bonchev–Trinajstić information content (AvgIpc) is 3.11. The van der Waals surface area contributed by atoms with E-state index in [-0.39, 0.29) is 0 Å². The number of hydrogen-bond acceptors (Lipinski definition) is 5. The van der Waals surface area contributed by atoms with Gasteiger partial charge in [0.25, 0.3) is 0 Å². The van der Waals surface area contributed by atoms with Gasteiger partial charge in [-0.2, -0.15) is 5.10 Å². The van der Waals surface area contributed by atoms with Crippen LogP contribution in [-0.4, -0.2) is 35.3 Å². The van der Waals surface area contributed by atoms with Crippen LogP contribution < -0.4 is 0 Å². The first kappa shape index (κ1) is 14.8. The molecule has 7 heteroatoms. The average molecular weight is 314 g/mol. The van der Waals surface area contributed by atoms with Gasteiger partial charge in [-0.05, 0) is 30.5 Å². The number of nitrogens with zero attached hydrogens (tertiary/aromatic N) is 6. The van der Waals surface area contributed by atoms with E-state index in [1.54, 1.807) is 24.2 Å². The highest BCUT2D eigenvalue weighted by atomic mass is 32.2. The van der Waals surface area contributed by atoms with Crippen molar-refractivity contribution in [2.45, 2.75) is 18.0 Å². The van der Waals surface area contributed by atoms with E-state index in [0.29, 0.717) is 0 Å². The zero-order valence-electron chi connectivity index (χ0n) is 12.7. The van der Waals surface area contributed by atoms with Crippen LogP contribution in [-0.2, 0) is 20.5 Å². The third-order valence-corrected chi connectivity index (χ3v) is 4.46. The van der Waals surface area contributed by atoms with Crippen molar-refractivity contribution in [3.8, 4) is 11.4 Å². The molecule has 0 saturated carbocycles. The topological polar surface area (TPSA) is 61.4 Å². The van der Waals surface area contributed by atoms with Gasteiger partial charge in [0.15, 0.2) is 11.0 Å². The van der Waals surface area contributed by atoms with E-state index < -0.39 is 0 Å². The Morgan fingerprint density at radius 3 is 2.82 bits per heavy atom. The molecule has 6 nitrogen and oxygen atoms in total. The number of pyridine rings is 1. The maximum Gasteiger partial charge on any atom is 0.191 e. The first-order chi connectivity index (χ1) is 10.7. The quantitative estimate of drug-likeness (QED) is 0.516. The highest BCUT2D eigenvalue weighted by Gasteiger charge is 2.10. The predicted octanol–water partition coefficient (Wildman–Crippen LogP) is 2.34. The Bertz CT molecular complexity index is 734. The van der Waals surface area contributed by atoms with Crippen molar-refractivity contribution in [2.75, 3.05) is 5.75 Å². The highest BCUT2D eigenvalue weighted by Crippen LogP contribution is 2.22. The molecule has 0 fully saturated rings. The van der Waals surface area contributed by atoms with Gasteiger partial charge in [-0.25, -0.2) is 0 Å². The lowest BCUT2D eigenvalue weighted by atomic mass is 10.2. The molecule has 0 N–H and O–H groups in total. The lowest BCUT2D eigenvalue weighted by Gasteiger charge is -2.03. The van der Waals surface area contributed by atoms with Crippen LogP contribution in [0.5, 0.6) is 0 Å². The second-order valence-corrected chi connectivity index (χ2v) is 6.14. The van der Waals surface area contributed by atoms with Crippen LogP contribution in [0.25, 0.3) is 11.4 Å². The number of aryl methyl sites for hydroxylation is 2. The summed E-state index contributed by atoms with van der Waals surface area (Å²) < 4.78 is 3.86. The molecule has 0 aliphatic rings. The fourth-order valence-corrected chi connectivity index (χ4v) is 3.08. The molecule has 0 aromatic carbocycles. The first-order valence-corrected chi connectivity index (χ1v) is 8.12. The van der Waals surface area contributed by atoms with Gasteiger partial charge >= 0.3 is 0 Å². The highest BCUT2D eigenvalue weighted by molar-refractivity contribution is 7.99. The maximum atomic E-state index is 4.27. The fraction of sp³-hybridized carbons (Fsp3) is 0.333. The number of hydrogen-bond donors (Lipinski definition) is 0. The Hall–Kier alpha value is -2.15. The Morgan fingerprint density at radius 2 is 2.09 bits per heavy atom. The van der Waals surface area contributed by atoms with Crippen LogP contribution in [0.15, 0.2) is 42.1 Å². The summed E-state index contributed by atoms with van der Waals surface area (Å²) in [5.74, 6) is 1.86. The minimum Gasteiger partial charge on any atom is -0.305 e. The van der Waals surface area contributed by atoms with E-state index in [4.69, 9.17) is 0 Å². The lowest BCUT2D eigenvalue weighted by Crippen LogP contribution is -1.96. The minimum atomic E-state index is 0.850. The molecule has 0 aliphatic carbocycles. The van der Waals surface area contributed by atoms with Crippen molar-refractivity contribution in [1.29, 1.82) is 0 Å². The molecule has 114 valence electrons. The summed E-state index contributed by atoms with van der Waals surface area (Å²) in [6, 6.07) is 3.90. The van der Waals surface area contributed by atoms with Crippen molar-refractivity contribution < 1.29 is 0 Å². The standard InChI is InChI=1S/C15H18N6S/c1-20-11-12(9-17-20)5-4-8-22-15-19-18-14(21(15)2)13-6-3-7-16-10-13/h3,6-7,9-11H,4-5,8H2,1-2H3. The normalized spacial score (nSPS) is 11.0. The summed E-state index contributed by atoms with van der Waals surface area (Å²) in [4.78, 5) is 4.13. The van der Waals surface area contributed by atoms with E-state index in [9.17, 15) is 0 Å². The van der Waals surface area contributed by atoms with E-state index in [1.165, 1.54) is 5.56 Å². The Balaban J connectivity index is 1.56. The molecule has 0 bridgehead atoms. The molecular formula is C15H18N6S. The van der Waals surface area contributed by atoms with Crippen LogP contribution in [0.4, 0.5) is 0 Å². The second-order valence-electron chi connectivity index (χ2n) is 5.08. The number of rotatable bonds is 6. The summed E-state index contributed by atoms with van der Waals surface area (Å²) in [7, 11) is 3.93. The molecule has 0 radical (unpaired) electrons. The van der Waals surface area contributed by atoms with Crippen LogP contribution in [0, 0.1) is 0 Å². The molecule has 3 aromatic rings. The van der Waals surface area contributed by atoms with Gasteiger partial charge in [0, 0.05) is 44.0 Å². The summed E-state index contributed by atoms with van der Waals surface area (Å²) in [5, 5.41) is 13.7. The third kappa shape index (κ3) is 3.36. The van der Waals surface area contributed by atoms with Gasteiger partial charge in [0.05, 0.1) is 6.20 Å². The Kier molecular flexibility index (Phi) is 4.53. The lowest BCUT2D eigenvalue weighted by molar-refractivity contribution is 0.766. The number of aromatic nitrogens is 6. The molecule has 0 atom stereocenters. The third-order valence-electron chi connectivity index (χ3n) is 3.35. The van der Waals surface area contributed by atoms with Crippen molar-refractivity contribution in [1.82, 2.24) is 29.5 Å². The molecule has 22 heavy (non-hydrogen) atoms. The van der Waals surface area contributed by atoms with Crippen LogP contribution >= 0.6 is 11.8 Å². The van der Waals surface area contributed by atoms with Crippen molar-refractivity contribution in [3.63, 3.8) is 0 Å². The summed E-state index contributed by atoms with van der Waals surface area (Å²) in [6.45, 7) is 0. The predicted molar refractivity (Wildman–Crippen MR) is 86.5 cm³/mol.